The van der Waals surface area contributed by atoms with Crippen molar-refractivity contribution >= 4 is 11.8 Å². The van der Waals surface area contributed by atoms with Crippen molar-refractivity contribution in [2.24, 2.45) is 11.8 Å². The van der Waals surface area contributed by atoms with E-state index in [2.05, 4.69) is 39.5 Å². The summed E-state index contributed by atoms with van der Waals surface area (Å²) in [5.74, 6) is 1.88. The highest BCUT2D eigenvalue weighted by molar-refractivity contribution is 8.00. The maximum absolute atomic E-state index is 2.42. The van der Waals surface area contributed by atoms with Crippen LogP contribution in [0.2, 0.25) is 0 Å². The number of thioether (sulfide) groups is 1. The van der Waals surface area contributed by atoms with Crippen LogP contribution < -0.4 is 0 Å². The fourth-order valence-electron chi connectivity index (χ4n) is 2.09. The largest absolute Gasteiger partial charge is 0.155 e. The molecule has 1 saturated heterocycles. The molecular weight excluding hydrogens is 152 g/mol. The zero-order valence-electron chi connectivity index (χ0n) is 8.13. The van der Waals surface area contributed by atoms with E-state index in [9.17, 15) is 0 Å². The highest BCUT2D eigenvalue weighted by atomic mass is 32.2. The highest BCUT2D eigenvalue weighted by Gasteiger charge is 2.36. The van der Waals surface area contributed by atoms with Crippen LogP contribution in [0.3, 0.4) is 0 Å². The monoisotopic (exact) mass is 172 g/mol. The summed E-state index contributed by atoms with van der Waals surface area (Å²) in [5, 5.41) is 1.88. The Labute approximate surface area is 75.1 Å². The second-order valence-electron chi connectivity index (χ2n) is 3.75. The molecule has 1 heterocycles. The Morgan fingerprint density at radius 2 is 1.27 bits per heavy atom. The molecule has 4 atom stereocenters. The molecule has 1 fully saturated rings. The van der Waals surface area contributed by atoms with E-state index in [0.717, 1.165) is 22.3 Å². The minimum absolute atomic E-state index is 0.940. The van der Waals surface area contributed by atoms with E-state index in [1.165, 1.54) is 12.8 Å². The van der Waals surface area contributed by atoms with E-state index in [0.29, 0.717) is 0 Å². The second-order valence-corrected chi connectivity index (χ2v) is 5.23. The average Bonchev–Trinajstić information content (AvgIpc) is 2.30. The molecule has 0 aromatic carbocycles. The molecule has 1 aliphatic heterocycles. The SMILES string of the molecule is CCC1SC(CC)C(C)C1C. The van der Waals surface area contributed by atoms with Crippen molar-refractivity contribution < 1.29 is 0 Å². The quantitative estimate of drug-likeness (QED) is 0.613. The Bertz CT molecular complexity index is 104. The molecule has 1 heteroatoms. The summed E-state index contributed by atoms with van der Waals surface area (Å²) in [5.41, 5.74) is 0. The molecule has 0 spiro atoms. The van der Waals surface area contributed by atoms with Crippen molar-refractivity contribution in [1.82, 2.24) is 0 Å². The van der Waals surface area contributed by atoms with Crippen molar-refractivity contribution in [3.63, 3.8) is 0 Å². The Hall–Kier alpha value is 0.350. The molecule has 0 amide bonds. The number of hydrogen-bond donors (Lipinski definition) is 0. The molecular formula is C10H20S. The minimum atomic E-state index is 0.940. The lowest BCUT2D eigenvalue weighted by Crippen LogP contribution is -2.15. The molecule has 4 unspecified atom stereocenters. The molecule has 11 heavy (non-hydrogen) atoms. The van der Waals surface area contributed by atoms with Crippen molar-refractivity contribution in [2.45, 2.75) is 51.0 Å². The topological polar surface area (TPSA) is 0 Å². The second kappa shape index (κ2) is 3.84. The Morgan fingerprint density at radius 1 is 0.909 bits per heavy atom. The molecule has 1 aliphatic rings. The van der Waals surface area contributed by atoms with Gasteiger partial charge in [-0.2, -0.15) is 11.8 Å². The summed E-state index contributed by atoms with van der Waals surface area (Å²) in [4.78, 5) is 0. The van der Waals surface area contributed by atoms with Gasteiger partial charge in [-0.3, -0.25) is 0 Å². The lowest BCUT2D eigenvalue weighted by Gasteiger charge is -2.15. The van der Waals surface area contributed by atoms with Crippen LogP contribution in [0.4, 0.5) is 0 Å². The number of rotatable bonds is 2. The van der Waals surface area contributed by atoms with Crippen LogP contribution in [-0.4, -0.2) is 10.5 Å². The van der Waals surface area contributed by atoms with Crippen LogP contribution in [0.5, 0.6) is 0 Å². The lowest BCUT2D eigenvalue weighted by atomic mass is 9.89. The fourth-order valence-corrected chi connectivity index (χ4v) is 3.91. The normalized spacial score (nSPS) is 44.7. The van der Waals surface area contributed by atoms with Crippen LogP contribution in [0.25, 0.3) is 0 Å². The first kappa shape index (κ1) is 9.44. The van der Waals surface area contributed by atoms with Gasteiger partial charge >= 0.3 is 0 Å². The Balaban J connectivity index is 2.53. The average molecular weight is 172 g/mol. The number of hydrogen-bond acceptors (Lipinski definition) is 1. The maximum Gasteiger partial charge on any atom is 0.00758 e. The van der Waals surface area contributed by atoms with Crippen LogP contribution in [0, 0.1) is 11.8 Å². The van der Waals surface area contributed by atoms with E-state index in [1.54, 1.807) is 0 Å². The lowest BCUT2D eigenvalue weighted by molar-refractivity contribution is 0.386. The molecule has 0 aliphatic carbocycles. The molecule has 1 rings (SSSR count). The van der Waals surface area contributed by atoms with Gasteiger partial charge in [0.05, 0.1) is 0 Å². The van der Waals surface area contributed by atoms with E-state index in [1.807, 2.05) is 0 Å². The van der Waals surface area contributed by atoms with Gasteiger partial charge < -0.3 is 0 Å². The third-order valence-corrected chi connectivity index (χ3v) is 5.38. The summed E-state index contributed by atoms with van der Waals surface area (Å²) in [6, 6.07) is 0. The smallest absolute Gasteiger partial charge is 0.00758 e. The predicted octanol–water partition coefficient (Wildman–Crippen LogP) is 3.56. The van der Waals surface area contributed by atoms with Gasteiger partial charge in [0.15, 0.2) is 0 Å². The van der Waals surface area contributed by atoms with Crippen molar-refractivity contribution in [1.29, 1.82) is 0 Å². The third-order valence-electron chi connectivity index (χ3n) is 3.16. The van der Waals surface area contributed by atoms with Crippen LogP contribution >= 0.6 is 11.8 Å². The van der Waals surface area contributed by atoms with Gasteiger partial charge in [0, 0.05) is 10.5 Å². The van der Waals surface area contributed by atoms with E-state index in [4.69, 9.17) is 0 Å². The fraction of sp³-hybridized carbons (Fsp3) is 1.00. The highest BCUT2D eigenvalue weighted by Crippen LogP contribution is 2.45. The third kappa shape index (κ3) is 1.74. The standard InChI is InChI=1S/C10H20S/c1-5-9-7(3)8(4)10(6-2)11-9/h7-10H,5-6H2,1-4H3. The van der Waals surface area contributed by atoms with Crippen LogP contribution in [-0.2, 0) is 0 Å². The van der Waals surface area contributed by atoms with Gasteiger partial charge in [-0.15, -0.1) is 0 Å². The molecule has 66 valence electrons. The molecule has 0 bridgehead atoms. The summed E-state index contributed by atoms with van der Waals surface area (Å²) < 4.78 is 0. The van der Waals surface area contributed by atoms with Gasteiger partial charge in [0.25, 0.3) is 0 Å². The zero-order chi connectivity index (χ0) is 8.43. The maximum atomic E-state index is 2.42. The van der Waals surface area contributed by atoms with Gasteiger partial charge in [-0.05, 0) is 24.7 Å². The van der Waals surface area contributed by atoms with Crippen LogP contribution in [0.1, 0.15) is 40.5 Å². The van der Waals surface area contributed by atoms with E-state index in [-0.39, 0.29) is 0 Å². The van der Waals surface area contributed by atoms with Gasteiger partial charge in [-0.1, -0.05) is 27.7 Å². The van der Waals surface area contributed by atoms with Gasteiger partial charge in [0.2, 0.25) is 0 Å². The van der Waals surface area contributed by atoms with E-state index >= 15 is 0 Å². The first-order valence-electron chi connectivity index (χ1n) is 4.86. The molecule has 0 nitrogen and oxygen atoms in total. The molecule has 0 radical (unpaired) electrons. The summed E-state index contributed by atoms with van der Waals surface area (Å²) in [6.45, 7) is 9.47. The zero-order valence-corrected chi connectivity index (χ0v) is 8.95. The first-order valence-corrected chi connectivity index (χ1v) is 5.80. The van der Waals surface area contributed by atoms with Crippen molar-refractivity contribution in [3.05, 3.63) is 0 Å². The Morgan fingerprint density at radius 3 is 1.45 bits per heavy atom. The van der Waals surface area contributed by atoms with Crippen molar-refractivity contribution in [2.75, 3.05) is 0 Å². The van der Waals surface area contributed by atoms with Crippen LogP contribution in [0.15, 0.2) is 0 Å². The van der Waals surface area contributed by atoms with Gasteiger partial charge in [-0.25, -0.2) is 0 Å². The summed E-state index contributed by atoms with van der Waals surface area (Å²) in [6.07, 6.45) is 2.71. The summed E-state index contributed by atoms with van der Waals surface area (Å²) >= 11 is 2.23. The molecule has 0 N–H and O–H groups in total. The van der Waals surface area contributed by atoms with Crippen molar-refractivity contribution in [3.8, 4) is 0 Å². The molecule has 0 aromatic heterocycles. The van der Waals surface area contributed by atoms with Gasteiger partial charge in [0.1, 0.15) is 0 Å². The molecule has 0 aromatic rings. The molecule has 0 saturated carbocycles. The van der Waals surface area contributed by atoms with E-state index < -0.39 is 0 Å². The summed E-state index contributed by atoms with van der Waals surface area (Å²) in [7, 11) is 0. The Kier molecular flexibility index (Phi) is 3.29. The predicted molar refractivity (Wildman–Crippen MR) is 54.1 cm³/mol. The minimum Gasteiger partial charge on any atom is -0.155 e. The first-order chi connectivity index (χ1) is 5.20.